The molecule has 4 nitrogen and oxygen atoms in total. The molecule has 2 fully saturated rings. The largest absolute Gasteiger partial charge is 0.391 e. The highest BCUT2D eigenvalue weighted by molar-refractivity contribution is 5.79. The number of hydrogen-bond donors (Lipinski definition) is 3. The molecule has 2 rings (SSSR count). The normalized spacial score (nSPS) is 32.3. The zero-order chi connectivity index (χ0) is 11.4. The lowest BCUT2D eigenvalue weighted by Crippen LogP contribution is -2.48. The summed E-state index contributed by atoms with van der Waals surface area (Å²) < 4.78 is 0. The molecule has 1 saturated carbocycles. The van der Waals surface area contributed by atoms with E-state index in [0.29, 0.717) is 0 Å². The van der Waals surface area contributed by atoms with Crippen molar-refractivity contribution in [1.82, 2.24) is 10.6 Å². The van der Waals surface area contributed by atoms with Crippen molar-refractivity contribution < 1.29 is 9.90 Å². The molecule has 0 unspecified atom stereocenters. The second-order valence-electron chi connectivity index (χ2n) is 4.99. The summed E-state index contributed by atoms with van der Waals surface area (Å²) in [5.41, 5.74) is 0. The van der Waals surface area contributed by atoms with E-state index in [1.807, 2.05) is 0 Å². The molecule has 1 saturated heterocycles. The van der Waals surface area contributed by atoms with Crippen LogP contribution in [-0.4, -0.2) is 36.2 Å². The van der Waals surface area contributed by atoms with Crippen LogP contribution in [-0.2, 0) is 4.79 Å². The fourth-order valence-corrected chi connectivity index (χ4v) is 2.66. The minimum atomic E-state index is -0.334. The van der Waals surface area contributed by atoms with Gasteiger partial charge in [-0.3, -0.25) is 4.79 Å². The van der Waals surface area contributed by atoms with E-state index in [9.17, 15) is 9.90 Å². The Kier molecular flexibility index (Phi) is 4.18. The fraction of sp³-hybridized carbons (Fsp3) is 0.917. The van der Waals surface area contributed by atoms with Gasteiger partial charge in [-0.1, -0.05) is 12.8 Å². The van der Waals surface area contributed by atoms with Crippen molar-refractivity contribution in [1.29, 1.82) is 0 Å². The third-order valence-electron chi connectivity index (χ3n) is 3.77. The molecular formula is C12H22N2O2. The number of carbonyl (C=O) groups excluding carboxylic acids is 1. The van der Waals surface area contributed by atoms with Gasteiger partial charge < -0.3 is 15.7 Å². The van der Waals surface area contributed by atoms with E-state index < -0.39 is 0 Å². The maximum atomic E-state index is 12.0. The predicted octanol–water partition coefficient (Wildman–Crippen LogP) is 0.406. The second kappa shape index (κ2) is 5.64. The fourth-order valence-electron chi connectivity index (χ4n) is 2.66. The molecule has 4 heteroatoms. The van der Waals surface area contributed by atoms with E-state index in [0.717, 1.165) is 51.6 Å². The van der Waals surface area contributed by atoms with Gasteiger partial charge in [-0.15, -0.1) is 0 Å². The number of rotatable bonds is 2. The molecule has 0 aromatic rings. The summed E-state index contributed by atoms with van der Waals surface area (Å²) in [4.78, 5) is 12.0. The lowest BCUT2D eigenvalue weighted by atomic mass is 9.91. The average molecular weight is 226 g/mol. The molecule has 0 aromatic carbocycles. The van der Waals surface area contributed by atoms with Gasteiger partial charge in [-0.2, -0.15) is 0 Å². The van der Waals surface area contributed by atoms with Crippen molar-refractivity contribution in [2.45, 2.75) is 50.7 Å². The number of piperidine rings is 1. The Balaban J connectivity index is 1.80. The maximum absolute atomic E-state index is 12.0. The lowest BCUT2D eigenvalue weighted by molar-refractivity contribution is -0.127. The standard InChI is InChI=1S/C12H22N2O2/c15-11-4-2-1-3-10(11)14-12(16)9-5-7-13-8-6-9/h9-11,13,15H,1-8H2,(H,14,16)/t10-,11-/m1/s1. The lowest BCUT2D eigenvalue weighted by Gasteiger charge is -2.30. The van der Waals surface area contributed by atoms with Crippen molar-refractivity contribution in [3.63, 3.8) is 0 Å². The van der Waals surface area contributed by atoms with Gasteiger partial charge in [-0.25, -0.2) is 0 Å². The average Bonchev–Trinajstić information content (AvgIpc) is 2.33. The van der Waals surface area contributed by atoms with Crippen molar-refractivity contribution >= 4 is 5.91 Å². The molecule has 16 heavy (non-hydrogen) atoms. The molecule has 3 N–H and O–H groups in total. The minimum Gasteiger partial charge on any atom is -0.391 e. The zero-order valence-electron chi connectivity index (χ0n) is 9.74. The number of aliphatic hydroxyl groups excluding tert-OH is 1. The van der Waals surface area contributed by atoms with Crippen LogP contribution in [0.25, 0.3) is 0 Å². The van der Waals surface area contributed by atoms with E-state index in [2.05, 4.69) is 10.6 Å². The third-order valence-corrected chi connectivity index (χ3v) is 3.77. The van der Waals surface area contributed by atoms with Crippen LogP contribution in [0.5, 0.6) is 0 Å². The van der Waals surface area contributed by atoms with Crippen molar-refractivity contribution in [3.8, 4) is 0 Å². The summed E-state index contributed by atoms with van der Waals surface area (Å²) in [6.45, 7) is 1.87. The topological polar surface area (TPSA) is 61.4 Å². The number of aliphatic hydroxyl groups is 1. The molecule has 1 amide bonds. The zero-order valence-corrected chi connectivity index (χ0v) is 9.74. The van der Waals surface area contributed by atoms with Gasteiger partial charge in [0.1, 0.15) is 0 Å². The smallest absolute Gasteiger partial charge is 0.223 e. The Morgan fingerprint density at radius 2 is 1.81 bits per heavy atom. The van der Waals surface area contributed by atoms with Crippen LogP contribution in [0, 0.1) is 5.92 Å². The van der Waals surface area contributed by atoms with Crippen LogP contribution in [0.2, 0.25) is 0 Å². The van der Waals surface area contributed by atoms with E-state index >= 15 is 0 Å². The van der Waals surface area contributed by atoms with E-state index in [4.69, 9.17) is 0 Å². The first-order valence-electron chi connectivity index (χ1n) is 6.46. The highest BCUT2D eigenvalue weighted by Crippen LogP contribution is 2.20. The quantitative estimate of drug-likeness (QED) is 0.639. The highest BCUT2D eigenvalue weighted by Gasteiger charge is 2.28. The van der Waals surface area contributed by atoms with Crippen LogP contribution in [0.15, 0.2) is 0 Å². The van der Waals surface area contributed by atoms with E-state index in [-0.39, 0.29) is 24.0 Å². The predicted molar refractivity (Wildman–Crippen MR) is 62.0 cm³/mol. The van der Waals surface area contributed by atoms with Crippen molar-refractivity contribution in [2.24, 2.45) is 5.92 Å². The first-order valence-corrected chi connectivity index (χ1v) is 6.46. The number of hydrogen-bond acceptors (Lipinski definition) is 3. The molecule has 1 heterocycles. The summed E-state index contributed by atoms with van der Waals surface area (Å²) in [5, 5.41) is 16.1. The van der Waals surface area contributed by atoms with Gasteiger partial charge in [0, 0.05) is 5.92 Å². The van der Waals surface area contributed by atoms with Gasteiger partial charge in [0.2, 0.25) is 5.91 Å². The van der Waals surface area contributed by atoms with E-state index in [1.54, 1.807) is 0 Å². The molecule has 0 bridgehead atoms. The van der Waals surface area contributed by atoms with Gasteiger partial charge in [-0.05, 0) is 38.8 Å². The number of nitrogens with one attached hydrogen (secondary N) is 2. The van der Waals surface area contributed by atoms with Crippen molar-refractivity contribution in [2.75, 3.05) is 13.1 Å². The summed E-state index contributed by atoms with van der Waals surface area (Å²) in [6.07, 6.45) is 5.48. The molecule has 2 aliphatic rings. The first-order chi connectivity index (χ1) is 7.77. The Morgan fingerprint density at radius 3 is 2.50 bits per heavy atom. The second-order valence-corrected chi connectivity index (χ2v) is 4.99. The minimum absolute atomic E-state index is 0.00358. The first kappa shape index (κ1) is 11.9. The van der Waals surface area contributed by atoms with Gasteiger partial charge in [0.15, 0.2) is 0 Å². The maximum Gasteiger partial charge on any atom is 0.223 e. The third kappa shape index (κ3) is 2.95. The van der Waals surface area contributed by atoms with Crippen LogP contribution < -0.4 is 10.6 Å². The molecule has 1 aliphatic carbocycles. The molecule has 0 spiro atoms. The van der Waals surface area contributed by atoms with E-state index in [1.165, 1.54) is 0 Å². The Labute approximate surface area is 96.8 Å². The van der Waals surface area contributed by atoms with Gasteiger partial charge >= 0.3 is 0 Å². The van der Waals surface area contributed by atoms with Crippen LogP contribution in [0.3, 0.4) is 0 Å². The molecule has 0 radical (unpaired) electrons. The van der Waals surface area contributed by atoms with Gasteiger partial charge in [0.05, 0.1) is 12.1 Å². The monoisotopic (exact) mass is 226 g/mol. The molecule has 0 aromatic heterocycles. The Morgan fingerprint density at radius 1 is 1.12 bits per heavy atom. The van der Waals surface area contributed by atoms with Crippen LogP contribution >= 0.6 is 0 Å². The highest BCUT2D eigenvalue weighted by atomic mass is 16.3. The molecule has 1 aliphatic heterocycles. The Bertz CT molecular complexity index is 239. The van der Waals surface area contributed by atoms with Crippen LogP contribution in [0.1, 0.15) is 38.5 Å². The molecule has 92 valence electrons. The SMILES string of the molecule is O=C(N[C@@H]1CCCC[C@H]1O)C1CCNCC1. The molecular weight excluding hydrogens is 204 g/mol. The summed E-state index contributed by atoms with van der Waals surface area (Å²) >= 11 is 0. The van der Waals surface area contributed by atoms with Crippen LogP contribution in [0.4, 0.5) is 0 Å². The summed E-state index contributed by atoms with van der Waals surface area (Å²) in [7, 11) is 0. The summed E-state index contributed by atoms with van der Waals surface area (Å²) in [6, 6.07) is -0.00358. The Hall–Kier alpha value is -0.610. The van der Waals surface area contributed by atoms with Gasteiger partial charge in [0.25, 0.3) is 0 Å². The van der Waals surface area contributed by atoms with Crippen molar-refractivity contribution in [3.05, 3.63) is 0 Å². The molecule has 2 atom stereocenters. The number of amides is 1. The number of carbonyl (C=O) groups is 1. The summed E-state index contributed by atoms with van der Waals surface area (Å²) in [5.74, 6) is 0.294.